The van der Waals surface area contributed by atoms with Crippen LogP contribution in [0.3, 0.4) is 0 Å². The molecule has 0 aromatic heterocycles. The van der Waals surface area contributed by atoms with Gasteiger partial charge in [0, 0.05) is 0 Å². The first-order chi connectivity index (χ1) is 22.5. The average molecular weight is 642 g/mol. The molecule has 0 amide bonds. The summed E-state index contributed by atoms with van der Waals surface area (Å²) in [6.07, 6.45) is 51.4. The van der Waals surface area contributed by atoms with Gasteiger partial charge in [0.05, 0.1) is 0 Å². The van der Waals surface area contributed by atoms with Crippen LogP contribution in [0.15, 0.2) is 48.6 Å². The second-order valence-corrected chi connectivity index (χ2v) is 13.9. The van der Waals surface area contributed by atoms with Crippen LogP contribution in [-0.4, -0.2) is 35.6 Å². The largest absolute Gasteiger partial charge is 0.480 e. The molecule has 0 heterocycles. The summed E-state index contributed by atoms with van der Waals surface area (Å²) < 4.78 is 0. The highest BCUT2D eigenvalue weighted by Gasteiger charge is 2.45. The molecule has 3 nitrogen and oxygen atoms in total. The summed E-state index contributed by atoms with van der Waals surface area (Å²) in [6, 6.07) is 0. The van der Waals surface area contributed by atoms with Crippen LogP contribution in [0.25, 0.3) is 0 Å². The Morgan fingerprint density at radius 2 is 0.848 bits per heavy atom. The average Bonchev–Trinajstić information content (AvgIpc) is 3.04. The second kappa shape index (κ2) is 33.3. The van der Waals surface area contributed by atoms with Crippen LogP contribution in [0.1, 0.15) is 194 Å². The fourth-order valence-corrected chi connectivity index (χ4v) is 6.87. The number of allylic oxidation sites excluding steroid dienone is 8. The molecule has 0 rings (SSSR count). The molecule has 0 fully saturated rings. The summed E-state index contributed by atoms with van der Waals surface area (Å²) in [5.74, 6) is -0.410. The second-order valence-electron chi connectivity index (χ2n) is 13.9. The number of carboxylic acid groups (broad SMARTS) is 1. The minimum atomic E-state index is -0.742. The van der Waals surface area contributed by atoms with E-state index < -0.39 is 11.5 Å². The zero-order valence-corrected chi connectivity index (χ0v) is 31.6. The number of nitrogens with zero attached hydrogens (tertiary/aromatic N) is 1. The first-order valence-corrected chi connectivity index (χ1v) is 20.0. The van der Waals surface area contributed by atoms with E-state index in [4.69, 9.17) is 0 Å². The number of unbranched alkanes of at least 4 members (excludes halogenated alkanes) is 18. The molecular weight excluding hydrogens is 562 g/mol. The Labute approximate surface area is 288 Å². The zero-order valence-electron chi connectivity index (χ0n) is 31.6. The van der Waals surface area contributed by atoms with Crippen LogP contribution >= 0.6 is 0 Å². The van der Waals surface area contributed by atoms with Gasteiger partial charge in [-0.2, -0.15) is 0 Å². The van der Waals surface area contributed by atoms with Crippen molar-refractivity contribution >= 4 is 5.97 Å². The summed E-state index contributed by atoms with van der Waals surface area (Å²) >= 11 is 0. The molecule has 0 aromatic carbocycles. The van der Waals surface area contributed by atoms with Gasteiger partial charge in [-0.25, -0.2) is 0 Å². The van der Waals surface area contributed by atoms with Gasteiger partial charge in [0.25, 0.3) is 0 Å². The van der Waals surface area contributed by atoms with Crippen molar-refractivity contribution in [3.05, 3.63) is 48.6 Å². The highest BCUT2D eigenvalue weighted by Crippen LogP contribution is 2.35. The third kappa shape index (κ3) is 23.7. The van der Waals surface area contributed by atoms with E-state index in [0.717, 1.165) is 38.5 Å². The summed E-state index contributed by atoms with van der Waals surface area (Å²) in [5.41, 5.74) is -0.742. The molecule has 0 aromatic rings. The summed E-state index contributed by atoms with van der Waals surface area (Å²) in [7, 11) is 3.95. The number of aliphatic carboxylic acids is 1. The van der Waals surface area contributed by atoms with E-state index in [9.17, 15) is 9.90 Å². The quantitative estimate of drug-likeness (QED) is 0.0561. The Kier molecular flexibility index (Phi) is 32.1. The van der Waals surface area contributed by atoms with Crippen molar-refractivity contribution in [1.29, 1.82) is 0 Å². The van der Waals surface area contributed by atoms with Crippen molar-refractivity contribution in [2.45, 2.75) is 200 Å². The lowest BCUT2D eigenvalue weighted by molar-refractivity contribution is -0.155. The number of rotatable bonds is 34. The normalized spacial score (nSPS) is 13.9. The van der Waals surface area contributed by atoms with Crippen LogP contribution < -0.4 is 0 Å². The molecule has 0 saturated heterocycles. The van der Waals surface area contributed by atoms with Gasteiger partial charge in [0.1, 0.15) is 5.54 Å². The molecular formula is C43H79NO2. The minimum Gasteiger partial charge on any atom is -0.480 e. The molecule has 0 saturated carbocycles. The van der Waals surface area contributed by atoms with Crippen molar-refractivity contribution in [3.63, 3.8) is 0 Å². The fraction of sp³-hybridized carbons (Fsp3) is 0.791. The molecule has 0 aliphatic rings. The van der Waals surface area contributed by atoms with Gasteiger partial charge in [-0.3, -0.25) is 9.69 Å². The highest BCUT2D eigenvalue weighted by molar-refractivity contribution is 5.79. The molecule has 1 unspecified atom stereocenters. The molecule has 0 bridgehead atoms. The lowest BCUT2D eigenvalue weighted by Crippen LogP contribution is -2.56. The van der Waals surface area contributed by atoms with Gasteiger partial charge in [0.15, 0.2) is 0 Å². The Bertz CT molecular complexity index is 732. The molecule has 0 aliphatic carbocycles. The van der Waals surface area contributed by atoms with Crippen molar-refractivity contribution in [2.75, 3.05) is 14.1 Å². The van der Waals surface area contributed by atoms with E-state index in [2.05, 4.69) is 69.4 Å². The SMILES string of the molecule is CCCCC/C=C\C/C=C\CCCCCCCCC(CCCCCCCC/C=C\C/C=C\CCCCC)C(CC)(C(=O)O)N(C)C. The Morgan fingerprint density at radius 1 is 0.522 bits per heavy atom. The number of likely N-dealkylation sites (N-methyl/N-ethyl adjacent to an activating group) is 1. The smallest absolute Gasteiger partial charge is 0.324 e. The lowest BCUT2D eigenvalue weighted by Gasteiger charge is -2.42. The standard InChI is InChI=1S/C43H79NO2/c1-6-9-11-13-15-17-19-21-23-25-27-29-31-33-35-37-39-41(43(8-3,42(45)46)44(4)5)40-38-36-34-32-30-28-26-24-22-20-18-16-14-12-10-7-2/h15-18,21-24,41H,6-14,19-20,25-40H2,1-5H3,(H,45,46)/b17-15-,18-16-,23-21-,24-22-. The van der Waals surface area contributed by atoms with Gasteiger partial charge < -0.3 is 5.11 Å². The third-order valence-corrected chi connectivity index (χ3v) is 9.89. The van der Waals surface area contributed by atoms with E-state index in [1.54, 1.807) is 0 Å². The minimum absolute atomic E-state index is 0.224. The third-order valence-electron chi connectivity index (χ3n) is 9.89. The summed E-state index contributed by atoms with van der Waals surface area (Å²) in [5, 5.41) is 10.4. The molecule has 0 aliphatic heterocycles. The van der Waals surface area contributed by atoms with E-state index >= 15 is 0 Å². The lowest BCUT2D eigenvalue weighted by atomic mass is 9.74. The Balaban J connectivity index is 4.25. The number of carboxylic acids is 1. The maximum absolute atomic E-state index is 12.6. The van der Waals surface area contributed by atoms with Gasteiger partial charge in [0.2, 0.25) is 0 Å². The first kappa shape index (κ1) is 44.4. The maximum atomic E-state index is 12.6. The van der Waals surface area contributed by atoms with E-state index in [1.165, 1.54) is 128 Å². The van der Waals surface area contributed by atoms with Crippen molar-refractivity contribution < 1.29 is 9.90 Å². The highest BCUT2D eigenvalue weighted by atomic mass is 16.4. The van der Waals surface area contributed by atoms with Crippen LogP contribution in [0.5, 0.6) is 0 Å². The van der Waals surface area contributed by atoms with Crippen molar-refractivity contribution in [3.8, 4) is 0 Å². The van der Waals surface area contributed by atoms with Crippen molar-refractivity contribution in [1.82, 2.24) is 4.90 Å². The van der Waals surface area contributed by atoms with Crippen LogP contribution in [0.2, 0.25) is 0 Å². The molecule has 0 spiro atoms. The Morgan fingerprint density at radius 3 is 1.15 bits per heavy atom. The monoisotopic (exact) mass is 642 g/mol. The van der Waals surface area contributed by atoms with E-state index in [1.807, 2.05) is 19.0 Å². The van der Waals surface area contributed by atoms with E-state index in [0.29, 0.717) is 6.42 Å². The number of hydrogen-bond acceptors (Lipinski definition) is 2. The molecule has 3 heteroatoms. The summed E-state index contributed by atoms with van der Waals surface area (Å²) in [4.78, 5) is 14.6. The zero-order chi connectivity index (χ0) is 34.0. The predicted molar refractivity (Wildman–Crippen MR) is 206 cm³/mol. The van der Waals surface area contributed by atoms with Gasteiger partial charge in [-0.05, 0) is 103 Å². The topological polar surface area (TPSA) is 40.5 Å². The van der Waals surface area contributed by atoms with Gasteiger partial charge in [-0.15, -0.1) is 0 Å². The Hall–Kier alpha value is -1.61. The molecule has 1 N–H and O–H groups in total. The fourth-order valence-electron chi connectivity index (χ4n) is 6.87. The van der Waals surface area contributed by atoms with Crippen LogP contribution in [0.4, 0.5) is 0 Å². The molecule has 1 atom stereocenters. The van der Waals surface area contributed by atoms with Gasteiger partial charge in [-0.1, -0.05) is 159 Å². The number of carbonyl (C=O) groups is 1. The maximum Gasteiger partial charge on any atom is 0.324 e. The molecule has 46 heavy (non-hydrogen) atoms. The van der Waals surface area contributed by atoms with E-state index in [-0.39, 0.29) is 5.92 Å². The predicted octanol–water partition coefficient (Wildman–Crippen LogP) is 13.8. The van der Waals surface area contributed by atoms with Crippen LogP contribution in [-0.2, 0) is 4.79 Å². The molecule has 268 valence electrons. The number of hydrogen-bond donors (Lipinski definition) is 1. The molecule has 0 radical (unpaired) electrons. The van der Waals surface area contributed by atoms with Crippen LogP contribution in [0, 0.1) is 5.92 Å². The first-order valence-electron chi connectivity index (χ1n) is 20.0. The van der Waals surface area contributed by atoms with Gasteiger partial charge >= 0.3 is 5.97 Å². The summed E-state index contributed by atoms with van der Waals surface area (Å²) in [6.45, 7) is 6.58. The van der Waals surface area contributed by atoms with Crippen molar-refractivity contribution in [2.24, 2.45) is 5.92 Å².